The van der Waals surface area contributed by atoms with E-state index in [-0.39, 0.29) is 0 Å². The van der Waals surface area contributed by atoms with Crippen LogP contribution in [0.2, 0.25) is 0 Å². The lowest BCUT2D eigenvalue weighted by Gasteiger charge is -2.33. The van der Waals surface area contributed by atoms with Crippen LogP contribution < -0.4 is 0 Å². The van der Waals surface area contributed by atoms with Crippen molar-refractivity contribution in [1.29, 1.82) is 0 Å². The van der Waals surface area contributed by atoms with E-state index >= 15 is 0 Å². The second-order valence-electron chi connectivity index (χ2n) is 8.51. The van der Waals surface area contributed by atoms with Crippen LogP contribution >= 0.6 is 22.7 Å². The molecule has 2 heterocycles. The van der Waals surface area contributed by atoms with Gasteiger partial charge in [0, 0.05) is 9.75 Å². The largest absolute Gasteiger partial charge is 0.363 e. The molecule has 0 bridgehead atoms. The molecule has 0 spiro atoms. The van der Waals surface area contributed by atoms with Crippen molar-refractivity contribution in [3.8, 4) is 0 Å². The molecule has 0 saturated heterocycles. The molecule has 2 unspecified atom stereocenters. The standard InChI is InChI=1S/C24H34OS2/c1-2-6-12-19(11-5-1)23(21-15-9-17-26-21)25-24(22-16-10-18-27-22)20-13-7-3-4-8-14-20/h9-10,15-20,23-24H,1-8,11-14H2. The van der Waals surface area contributed by atoms with Crippen LogP contribution in [-0.2, 0) is 4.74 Å². The predicted molar refractivity (Wildman–Crippen MR) is 118 cm³/mol. The zero-order valence-corrected chi connectivity index (χ0v) is 18.1. The molecule has 2 fully saturated rings. The van der Waals surface area contributed by atoms with E-state index in [4.69, 9.17) is 4.74 Å². The molecule has 0 radical (unpaired) electrons. The van der Waals surface area contributed by atoms with Gasteiger partial charge < -0.3 is 4.74 Å². The molecule has 2 atom stereocenters. The highest BCUT2D eigenvalue weighted by atomic mass is 32.1. The summed E-state index contributed by atoms with van der Waals surface area (Å²) in [5.41, 5.74) is 0. The Morgan fingerprint density at radius 2 is 1.04 bits per heavy atom. The van der Waals surface area contributed by atoms with Gasteiger partial charge in [0.05, 0.1) is 12.2 Å². The molecule has 27 heavy (non-hydrogen) atoms. The van der Waals surface area contributed by atoms with E-state index in [9.17, 15) is 0 Å². The fourth-order valence-corrected chi connectivity index (χ4v) is 6.82. The molecule has 2 aliphatic rings. The first-order valence-electron chi connectivity index (χ1n) is 11.1. The summed E-state index contributed by atoms with van der Waals surface area (Å²) in [7, 11) is 0. The fourth-order valence-electron chi connectivity index (χ4n) is 5.11. The lowest BCUT2D eigenvalue weighted by molar-refractivity contribution is -0.0762. The third-order valence-electron chi connectivity index (χ3n) is 6.60. The van der Waals surface area contributed by atoms with Gasteiger partial charge in [0.2, 0.25) is 0 Å². The van der Waals surface area contributed by atoms with Crippen LogP contribution in [0.3, 0.4) is 0 Å². The van der Waals surface area contributed by atoms with Crippen LogP contribution in [0.25, 0.3) is 0 Å². The number of rotatable bonds is 6. The van der Waals surface area contributed by atoms with Crippen molar-refractivity contribution in [3.05, 3.63) is 44.8 Å². The van der Waals surface area contributed by atoms with Gasteiger partial charge in [0.25, 0.3) is 0 Å². The third-order valence-corrected chi connectivity index (χ3v) is 8.46. The second kappa shape index (κ2) is 10.2. The zero-order valence-electron chi connectivity index (χ0n) is 16.5. The maximum absolute atomic E-state index is 7.15. The van der Waals surface area contributed by atoms with E-state index in [1.807, 2.05) is 22.7 Å². The lowest BCUT2D eigenvalue weighted by Crippen LogP contribution is -2.22. The minimum atomic E-state index is 0.290. The highest BCUT2D eigenvalue weighted by Crippen LogP contribution is 2.45. The highest BCUT2D eigenvalue weighted by Gasteiger charge is 2.33. The zero-order chi connectivity index (χ0) is 18.3. The first-order chi connectivity index (χ1) is 13.4. The maximum Gasteiger partial charge on any atom is 0.0953 e. The topological polar surface area (TPSA) is 9.23 Å². The maximum atomic E-state index is 7.15. The Hall–Kier alpha value is -0.640. The van der Waals surface area contributed by atoms with Crippen molar-refractivity contribution in [1.82, 2.24) is 0 Å². The Morgan fingerprint density at radius 3 is 1.37 bits per heavy atom. The summed E-state index contributed by atoms with van der Waals surface area (Å²) in [5, 5.41) is 4.46. The molecule has 4 rings (SSSR count). The average Bonchev–Trinajstić information content (AvgIpc) is 3.27. The molecule has 2 aromatic rings. The highest BCUT2D eigenvalue weighted by molar-refractivity contribution is 7.10. The third kappa shape index (κ3) is 5.25. The molecule has 2 saturated carbocycles. The monoisotopic (exact) mass is 402 g/mol. The van der Waals surface area contributed by atoms with E-state index in [0.717, 1.165) is 0 Å². The van der Waals surface area contributed by atoms with E-state index < -0.39 is 0 Å². The van der Waals surface area contributed by atoms with Gasteiger partial charge in [0.15, 0.2) is 0 Å². The summed E-state index contributed by atoms with van der Waals surface area (Å²) < 4.78 is 7.15. The van der Waals surface area contributed by atoms with E-state index in [1.54, 1.807) is 0 Å². The molecule has 1 nitrogen and oxygen atoms in total. The van der Waals surface area contributed by atoms with Gasteiger partial charge in [-0.1, -0.05) is 63.5 Å². The Morgan fingerprint density at radius 1 is 0.630 bits per heavy atom. The van der Waals surface area contributed by atoms with Gasteiger partial charge in [-0.05, 0) is 60.4 Å². The van der Waals surface area contributed by atoms with Crippen molar-refractivity contribution >= 4 is 22.7 Å². The lowest BCUT2D eigenvalue weighted by atomic mass is 9.90. The summed E-state index contributed by atoms with van der Waals surface area (Å²) in [6.07, 6.45) is 17.1. The Labute approximate surface area is 173 Å². The molecule has 0 aromatic carbocycles. The second-order valence-corrected chi connectivity index (χ2v) is 10.5. The number of thiophene rings is 2. The van der Waals surface area contributed by atoms with Crippen molar-refractivity contribution in [3.63, 3.8) is 0 Å². The molecule has 2 aromatic heterocycles. The van der Waals surface area contributed by atoms with Crippen LogP contribution in [-0.4, -0.2) is 0 Å². The van der Waals surface area contributed by atoms with E-state index in [1.165, 1.54) is 86.8 Å². The molecule has 3 heteroatoms. The van der Waals surface area contributed by atoms with Gasteiger partial charge in [-0.3, -0.25) is 0 Å². The molecule has 0 N–H and O–H groups in total. The summed E-state index contributed by atoms with van der Waals surface area (Å²) >= 11 is 3.80. The van der Waals surface area contributed by atoms with Gasteiger partial charge in [0.1, 0.15) is 0 Å². The Bertz CT molecular complexity index is 561. The molecular formula is C24H34OS2. The van der Waals surface area contributed by atoms with E-state index in [0.29, 0.717) is 24.0 Å². The molecular weight excluding hydrogens is 368 g/mol. The number of hydrogen-bond acceptors (Lipinski definition) is 3. The van der Waals surface area contributed by atoms with Crippen molar-refractivity contribution in [2.45, 2.75) is 89.3 Å². The summed E-state index contributed by atoms with van der Waals surface area (Å²) in [6, 6.07) is 9.05. The SMILES string of the molecule is c1csc(C(OC(c2cccs2)C2CCCCCC2)C2CCCCCC2)c1. The first kappa shape index (κ1) is 19.7. The molecule has 0 aliphatic heterocycles. The van der Waals surface area contributed by atoms with Gasteiger partial charge in [-0.15, -0.1) is 22.7 Å². The van der Waals surface area contributed by atoms with Crippen LogP contribution in [0.1, 0.15) is 99.0 Å². The Kier molecular flexibility index (Phi) is 7.45. The summed E-state index contributed by atoms with van der Waals surface area (Å²) in [4.78, 5) is 2.91. The minimum Gasteiger partial charge on any atom is -0.363 e. The van der Waals surface area contributed by atoms with Gasteiger partial charge in [-0.25, -0.2) is 0 Å². The normalized spacial score (nSPS) is 22.8. The van der Waals surface area contributed by atoms with Crippen LogP contribution in [0.15, 0.2) is 35.0 Å². The summed E-state index contributed by atoms with van der Waals surface area (Å²) in [5.74, 6) is 1.39. The molecule has 2 aliphatic carbocycles. The predicted octanol–water partition coefficient (Wildman–Crippen LogP) is 8.55. The number of hydrogen-bond donors (Lipinski definition) is 0. The van der Waals surface area contributed by atoms with Crippen molar-refractivity contribution in [2.75, 3.05) is 0 Å². The van der Waals surface area contributed by atoms with Crippen molar-refractivity contribution in [2.24, 2.45) is 11.8 Å². The van der Waals surface area contributed by atoms with E-state index in [2.05, 4.69) is 35.0 Å². The molecule has 0 amide bonds. The smallest absolute Gasteiger partial charge is 0.0953 e. The quantitative estimate of drug-likeness (QED) is 0.440. The minimum absolute atomic E-state index is 0.290. The Balaban J connectivity index is 1.59. The number of ether oxygens (including phenoxy) is 1. The first-order valence-corrected chi connectivity index (χ1v) is 12.9. The average molecular weight is 403 g/mol. The van der Waals surface area contributed by atoms with Crippen molar-refractivity contribution < 1.29 is 4.74 Å². The van der Waals surface area contributed by atoms with Gasteiger partial charge in [-0.2, -0.15) is 0 Å². The van der Waals surface area contributed by atoms with Crippen LogP contribution in [0.4, 0.5) is 0 Å². The van der Waals surface area contributed by atoms with Crippen LogP contribution in [0, 0.1) is 11.8 Å². The van der Waals surface area contributed by atoms with Gasteiger partial charge >= 0.3 is 0 Å². The fraction of sp³-hybridized carbons (Fsp3) is 0.667. The molecule has 148 valence electrons. The van der Waals surface area contributed by atoms with Crippen LogP contribution in [0.5, 0.6) is 0 Å². The summed E-state index contributed by atoms with van der Waals surface area (Å²) in [6.45, 7) is 0.